The summed E-state index contributed by atoms with van der Waals surface area (Å²) in [6.07, 6.45) is 6.72. The van der Waals surface area contributed by atoms with Gasteiger partial charge in [0.25, 0.3) is 0 Å². The van der Waals surface area contributed by atoms with Gasteiger partial charge in [0.2, 0.25) is 0 Å². The molecule has 2 aliphatic heterocycles. The molecule has 3 aliphatic rings. The standard InChI is InChI=1S/C41H30BN3Se/c1-2-11-28(12-3-1)44-37-23-21-29(45-35-16-6-4-13-30(35)31-14-5-7-17-36(31)45)26-33(37)42-32-22-20-27(34-15-8-9-24-43-34)25-40(32)46-39-19-10-18-38(44)41(39)42/h1-4,6,8-13,15-16,18-26H,5,7,14,17H2. The maximum atomic E-state index is 4.68. The fraction of sp³-hybridized carbons (Fsp3) is 0.0976. The van der Waals surface area contributed by atoms with E-state index in [9.17, 15) is 0 Å². The monoisotopic (exact) mass is 655 g/mol. The molecule has 5 heteroatoms. The van der Waals surface area contributed by atoms with E-state index in [1.165, 1.54) is 89.5 Å². The minimum absolute atomic E-state index is 0.169. The number of hydrogen-bond donors (Lipinski definition) is 0. The Labute approximate surface area is 275 Å². The zero-order chi connectivity index (χ0) is 30.2. The number of nitrogens with zero attached hydrogens (tertiary/aromatic N) is 3. The van der Waals surface area contributed by atoms with Gasteiger partial charge in [-0.25, -0.2) is 0 Å². The van der Waals surface area contributed by atoms with E-state index in [-0.39, 0.29) is 21.7 Å². The molecule has 0 N–H and O–H groups in total. The molecule has 46 heavy (non-hydrogen) atoms. The molecule has 0 radical (unpaired) electrons. The minimum atomic E-state index is 0.169. The average Bonchev–Trinajstić information content (AvgIpc) is 3.46. The Morgan fingerprint density at radius 3 is 2.41 bits per heavy atom. The maximum absolute atomic E-state index is 4.68. The van der Waals surface area contributed by atoms with Crippen molar-refractivity contribution in [3.05, 3.63) is 145 Å². The molecule has 1 aliphatic carbocycles. The molecule has 7 aromatic rings. The fourth-order valence-electron chi connectivity index (χ4n) is 8.15. The molecule has 0 saturated heterocycles. The number of fused-ring (bicyclic) bond motifs is 7. The molecule has 4 heterocycles. The van der Waals surface area contributed by atoms with Crippen molar-refractivity contribution in [2.45, 2.75) is 25.7 Å². The van der Waals surface area contributed by atoms with Crippen LogP contribution in [0.4, 0.5) is 17.1 Å². The molecule has 0 atom stereocenters. The predicted octanol–water partition coefficient (Wildman–Crippen LogP) is 5.84. The van der Waals surface area contributed by atoms with E-state index in [2.05, 4.69) is 136 Å². The first-order valence-electron chi connectivity index (χ1n) is 16.3. The van der Waals surface area contributed by atoms with E-state index in [4.69, 9.17) is 0 Å². The summed E-state index contributed by atoms with van der Waals surface area (Å²) in [5, 5.41) is 1.42. The van der Waals surface area contributed by atoms with E-state index in [0.717, 1.165) is 12.1 Å². The van der Waals surface area contributed by atoms with Crippen molar-refractivity contribution in [2.24, 2.45) is 0 Å². The summed E-state index contributed by atoms with van der Waals surface area (Å²) >= 11 is 0.190. The number of aromatic nitrogens is 2. The van der Waals surface area contributed by atoms with Crippen LogP contribution < -0.4 is 30.2 Å². The second-order valence-corrected chi connectivity index (χ2v) is 14.9. The van der Waals surface area contributed by atoms with Gasteiger partial charge >= 0.3 is 277 Å². The molecule has 5 aromatic carbocycles. The molecule has 0 fully saturated rings. The third-order valence-electron chi connectivity index (χ3n) is 10.1. The van der Waals surface area contributed by atoms with Crippen molar-refractivity contribution < 1.29 is 0 Å². The van der Waals surface area contributed by atoms with Gasteiger partial charge in [-0.15, -0.1) is 0 Å². The van der Waals surface area contributed by atoms with E-state index in [1.807, 2.05) is 12.3 Å². The Hall–Kier alpha value is -4.83. The summed E-state index contributed by atoms with van der Waals surface area (Å²) in [6, 6.07) is 47.5. The Bertz CT molecular complexity index is 2310. The second kappa shape index (κ2) is 10.4. The Balaban J connectivity index is 1.23. The third-order valence-corrected chi connectivity index (χ3v) is 12.5. The van der Waals surface area contributed by atoms with Crippen LogP contribution in [0.15, 0.2) is 134 Å². The van der Waals surface area contributed by atoms with Crippen LogP contribution in [0.5, 0.6) is 0 Å². The normalized spacial score (nSPS) is 14.4. The van der Waals surface area contributed by atoms with E-state index in [0.29, 0.717) is 0 Å². The summed E-state index contributed by atoms with van der Waals surface area (Å²) < 4.78 is 5.51. The average molecular weight is 654 g/mol. The summed E-state index contributed by atoms with van der Waals surface area (Å²) in [6.45, 7) is 0.169. The van der Waals surface area contributed by atoms with Gasteiger partial charge in [0.05, 0.1) is 0 Å². The van der Waals surface area contributed by atoms with Gasteiger partial charge in [-0.2, -0.15) is 0 Å². The molecule has 10 rings (SSSR count). The van der Waals surface area contributed by atoms with Crippen LogP contribution in [-0.2, 0) is 12.8 Å². The summed E-state index contributed by atoms with van der Waals surface area (Å²) in [5.74, 6) is 0. The van der Waals surface area contributed by atoms with Gasteiger partial charge < -0.3 is 0 Å². The molecule has 0 bridgehead atoms. The summed E-state index contributed by atoms with van der Waals surface area (Å²) in [7, 11) is 0. The van der Waals surface area contributed by atoms with Crippen molar-refractivity contribution in [1.82, 2.24) is 9.55 Å². The first kappa shape index (κ1) is 26.4. The van der Waals surface area contributed by atoms with Crippen LogP contribution in [-0.4, -0.2) is 31.2 Å². The van der Waals surface area contributed by atoms with Gasteiger partial charge in [-0.3, -0.25) is 0 Å². The molecular weight excluding hydrogens is 624 g/mol. The van der Waals surface area contributed by atoms with Crippen LogP contribution >= 0.6 is 0 Å². The zero-order valence-corrected chi connectivity index (χ0v) is 27.1. The van der Waals surface area contributed by atoms with Crippen molar-refractivity contribution >= 4 is 74.9 Å². The SMILES string of the molecule is c1ccc(N2c3ccc(-n4c5c(c6ccccc64)CCCC5)cc3B3c4ccc(-c5ccccn5)cc4[Se]c4cccc2c43)cc1. The summed E-state index contributed by atoms with van der Waals surface area (Å²) in [4.78, 5) is 7.18. The van der Waals surface area contributed by atoms with Crippen molar-refractivity contribution in [3.63, 3.8) is 0 Å². The van der Waals surface area contributed by atoms with Crippen LogP contribution in [0, 0.1) is 0 Å². The molecule has 0 amide bonds. The third kappa shape index (κ3) is 3.89. The van der Waals surface area contributed by atoms with Crippen molar-refractivity contribution in [1.29, 1.82) is 0 Å². The fourth-order valence-corrected chi connectivity index (χ4v) is 10.7. The van der Waals surface area contributed by atoms with Crippen LogP contribution in [0.3, 0.4) is 0 Å². The molecular formula is C41H30BN3Se. The Kier molecular flexibility index (Phi) is 5.94. The topological polar surface area (TPSA) is 21.1 Å². The predicted molar refractivity (Wildman–Crippen MR) is 194 cm³/mol. The van der Waals surface area contributed by atoms with Crippen LogP contribution in [0.25, 0.3) is 27.8 Å². The Morgan fingerprint density at radius 1 is 0.630 bits per heavy atom. The van der Waals surface area contributed by atoms with E-state index >= 15 is 0 Å². The first-order valence-corrected chi connectivity index (χ1v) is 18.0. The number of hydrogen-bond acceptors (Lipinski definition) is 2. The van der Waals surface area contributed by atoms with Gasteiger partial charge in [0.15, 0.2) is 0 Å². The second-order valence-electron chi connectivity index (χ2n) is 12.6. The number of anilines is 3. The quantitative estimate of drug-likeness (QED) is 0.224. The van der Waals surface area contributed by atoms with Crippen LogP contribution in [0.1, 0.15) is 24.1 Å². The first-order chi connectivity index (χ1) is 22.8. The molecule has 2 aromatic heterocycles. The molecule has 218 valence electrons. The molecule has 0 saturated carbocycles. The van der Waals surface area contributed by atoms with Gasteiger partial charge in [-0.05, 0) is 0 Å². The number of para-hydroxylation sites is 2. The number of rotatable bonds is 3. The molecule has 0 unspecified atom stereocenters. The van der Waals surface area contributed by atoms with Gasteiger partial charge in [0.1, 0.15) is 0 Å². The number of pyridine rings is 1. The zero-order valence-electron chi connectivity index (χ0n) is 25.4. The van der Waals surface area contributed by atoms with Crippen molar-refractivity contribution in [3.8, 4) is 16.9 Å². The summed E-state index contributed by atoms with van der Waals surface area (Å²) in [5.41, 5.74) is 15.9. The van der Waals surface area contributed by atoms with Gasteiger partial charge in [0, 0.05) is 0 Å². The van der Waals surface area contributed by atoms with Crippen molar-refractivity contribution in [2.75, 3.05) is 4.90 Å². The number of aryl methyl sites for hydroxylation is 1. The van der Waals surface area contributed by atoms with E-state index < -0.39 is 0 Å². The number of benzene rings is 5. The molecule has 0 spiro atoms. The molecule has 3 nitrogen and oxygen atoms in total. The Morgan fingerprint density at radius 2 is 1.50 bits per heavy atom. The van der Waals surface area contributed by atoms with Gasteiger partial charge in [-0.1, -0.05) is 0 Å². The van der Waals surface area contributed by atoms with E-state index in [1.54, 1.807) is 5.56 Å². The van der Waals surface area contributed by atoms with Crippen LogP contribution in [0.2, 0.25) is 0 Å².